The first-order valence-corrected chi connectivity index (χ1v) is 21.0. The Kier molecular flexibility index (Phi) is 30.7. The van der Waals surface area contributed by atoms with Gasteiger partial charge in [0.1, 0.15) is 13.2 Å². The Balaban J connectivity index is 4.45. The van der Waals surface area contributed by atoms with E-state index in [0.29, 0.717) is 17.4 Å². The van der Waals surface area contributed by atoms with Gasteiger partial charge in [0.15, 0.2) is 0 Å². The van der Waals surface area contributed by atoms with Gasteiger partial charge in [-0.3, -0.25) is 9.36 Å². The smallest absolute Gasteiger partial charge is 0.268 e. The van der Waals surface area contributed by atoms with Crippen LogP contribution in [-0.2, 0) is 18.4 Å². The molecule has 9 heteroatoms. The fourth-order valence-electron chi connectivity index (χ4n) is 5.56. The molecule has 0 aromatic carbocycles. The minimum absolute atomic E-state index is 0.00155. The molecule has 0 saturated carbocycles. The molecule has 1 amide bonds. The van der Waals surface area contributed by atoms with Crippen molar-refractivity contribution in [3.8, 4) is 0 Å². The van der Waals surface area contributed by atoms with E-state index in [1.165, 1.54) is 116 Å². The van der Waals surface area contributed by atoms with Crippen molar-refractivity contribution < 1.29 is 32.9 Å². The largest absolute Gasteiger partial charge is 0.756 e. The van der Waals surface area contributed by atoms with Gasteiger partial charge in [-0.2, -0.15) is 0 Å². The highest BCUT2D eigenvalue weighted by atomic mass is 31.2. The highest BCUT2D eigenvalue weighted by molar-refractivity contribution is 7.45. The first kappa shape index (κ1) is 46.2. The lowest BCUT2D eigenvalue weighted by Crippen LogP contribution is -2.45. The predicted molar refractivity (Wildman–Crippen MR) is 196 cm³/mol. The Morgan fingerprint density at radius 2 is 1.15 bits per heavy atom. The first-order valence-electron chi connectivity index (χ1n) is 19.6. The van der Waals surface area contributed by atoms with Crippen LogP contribution in [0.3, 0.4) is 0 Å². The van der Waals surface area contributed by atoms with Crippen LogP contribution in [0.2, 0.25) is 0 Å². The summed E-state index contributed by atoms with van der Waals surface area (Å²) in [5.74, 6) is -0.199. The summed E-state index contributed by atoms with van der Waals surface area (Å²) in [5.41, 5.74) is 0. The molecule has 0 rings (SSSR count). The number of rotatable bonds is 35. The first-order chi connectivity index (χ1) is 22.5. The van der Waals surface area contributed by atoms with Gasteiger partial charge in [0.25, 0.3) is 7.82 Å². The molecule has 3 atom stereocenters. The van der Waals surface area contributed by atoms with Crippen LogP contribution >= 0.6 is 7.82 Å². The van der Waals surface area contributed by atoms with Crippen molar-refractivity contribution in [3.05, 3.63) is 12.2 Å². The Labute approximate surface area is 291 Å². The lowest BCUT2D eigenvalue weighted by Gasteiger charge is -2.29. The van der Waals surface area contributed by atoms with Gasteiger partial charge in [0.2, 0.25) is 5.91 Å². The summed E-state index contributed by atoms with van der Waals surface area (Å²) in [7, 11) is 1.26. The molecule has 0 saturated heterocycles. The fourth-order valence-corrected chi connectivity index (χ4v) is 6.29. The zero-order valence-corrected chi connectivity index (χ0v) is 32.4. The molecule has 0 radical (unpaired) electrons. The number of phosphoric ester groups is 1. The molecule has 8 nitrogen and oxygen atoms in total. The van der Waals surface area contributed by atoms with Gasteiger partial charge in [0, 0.05) is 6.42 Å². The number of nitrogens with one attached hydrogen (secondary N) is 1. The Morgan fingerprint density at radius 1 is 0.723 bits per heavy atom. The second-order valence-electron chi connectivity index (χ2n) is 14.6. The van der Waals surface area contributed by atoms with Crippen molar-refractivity contribution >= 4 is 13.7 Å². The number of aliphatic hydroxyl groups is 1. The molecule has 2 N–H and O–H groups in total. The number of unbranched alkanes of at least 4 members (excludes halogenated alkanes) is 22. The molecule has 0 aliphatic rings. The van der Waals surface area contributed by atoms with Crippen LogP contribution in [0.25, 0.3) is 0 Å². The number of phosphoric acid groups is 1. The van der Waals surface area contributed by atoms with Crippen molar-refractivity contribution in [2.24, 2.45) is 0 Å². The number of carbonyl (C=O) groups excluding carboxylic acids is 1. The molecule has 0 fully saturated rings. The molecule has 280 valence electrons. The van der Waals surface area contributed by atoms with Crippen LogP contribution in [-0.4, -0.2) is 68.5 Å². The summed E-state index contributed by atoms with van der Waals surface area (Å²) in [6, 6.07) is -0.877. The van der Waals surface area contributed by atoms with Gasteiger partial charge < -0.3 is 28.8 Å². The van der Waals surface area contributed by atoms with E-state index >= 15 is 0 Å². The standard InChI is InChI=1S/C38H77N2O6P/c1-6-8-10-12-14-16-18-19-20-21-22-24-26-28-30-32-38(42)39-36(35-46-47(43,44)45-34-33-40(3,4)5)37(41)31-29-27-25-23-17-15-13-11-9-7-2/h29,31,36-37,41H,6-28,30,32-35H2,1-5H3,(H-,39,42,43,44)/b31-29+. The second kappa shape index (κ2) is 31.2. The summed E-state index contributed by atoms with van der Waals surface area (Å²) in [4.78, 5) is 25.1. The average Bonchev–Trinajstić information content (AvgIpc) is 3.01. The van der Waals surface area contributed by atoms with Crippen LogP contribution in [0.1, 0.15) is 174 Å². The van der Waals surface area contributed by atoms with E-state index in [1.54, 1.807) is 6.08 Å². The number of carbonyl (C=O) groups is 1. The van der Waals surface area contributed by atoms with E-state index in [9.17, 15) is 19.4 Å². The maximum absolute atomic E-state index is 12.8. The predicted octanol–water partition coefficient (Wildman–Crippen LogP) is 9.39. The number of hydrogen-bond acceptors (Lipinski definition) is 6. The van der Waals surface area contributed by atoms with E-state index < -0.39 is 20.0 Å². The number of likely N-dealkylation sites (N-methyl/N-ethyl adjacent to an activating group) is 1. The monoisotopic (exact) mass is 689 g/mol. The quantitative estimate of drug-likeness (QED) is 0.0297. The van der Waals surface area contributed by atoms with Crippen LogP contribution in [0.15, 0.2) is 12.2 Å². The molecule has 0 spiro atoms. The van der Waals surface area contributed by atoms with Gasteiger partial charge >= 0.3 is 0 Å². The van der Waals surface area contributed by atoms with Crippen LogP contribution in [0.5, 0.6) is 0 Å². The fraction of sp³-hybridized carbons (Fsp3) is 0.921. The molecule has 3 unspecified atom stereocenters. The van der Waals surface area contributed by atoms with Crippen molar-refractivity contribution in [1.29, 1.82) is 0 Å². The Hall–Kier alpha value is -0.760. The van der Waals surface area contributed by atoms with Crippen molar-refractivity contribution in [3.63, 3.8) is 0 Å². The van der Waals surface area contributed by atoms with Crippen molar-refractivity contribution in [2.75, 3.05) is 40.9 Å². The van der Waals surface area contributed by atoms with E-state index in [1.807, 2.05) is 27.2 Å². The zero-order chi connectivity index (χ0) is 35.1. The highest BCUT2D eigenvalue weighted by Crippen LogP contribution is 2.38. The third kappa shape index (κ3) is 33.5. The van der Waals surface area contributed by atoms with E-state index in [-0.39, 0.29) is 19.1 Å². The van der Waals surface area contributed by atoms with E-state index in [0.717, 1.165) is 38.5 Å². The number of hydrogen-bond donors (Lipinski definition) is 2. The minimum Gasteiger partial charge on any atom is -0.756 e. The average molecular weight is 689 g/mol. The number of nitrogens with zero attached hydrogens (tertiary/aromatic N) is 1. The van der Waals surface area contributed by atoms with Gasteiger partial charge in [-0.25, -0.2) is 0 Å². The lowest BCUT2D eigenvalue weighted by atomic mass is 10.0. The molecule has 47 heavy (non-hydrogen) atoms. The van der Waals surface area contributed by atoms with Gasteiger partial charge in [-0.15, -0.1) is 0 Å². The number of quaternary nitrogens is 1. The zero-order valence-electron chi connectivity index (χ0n) is 31.5. The summed E-state index contributed by atoms with van der Waals surface area (Å²) in [5, 5.41) is 13.7. The third-order valence-corrected chi connectivity index (χ3v) is 9.71. The summed E-state index contributed by atoms with van der Waals surface area (Å²) in [6.45, 7) is 4.62. The maximum Gasteiger partial charge on any atom is 0.268 e. The summed E-state index contributed by atoms with van der Waals surface area (Å²) >= 11 is 0. The second-order valence-corrected chi connectivity index (χ2v) is 16.1. The normalized spacial score (nSPS) is 14.8. The summed E-state index contributed by atoms with van der Waals surface area (Å²) in [6.07, 6.45) is 32.5. The molecule has 0 aliphatic carbocycles. The molecule has 0 bridgehead atoms. The maximum atomic E-state index is 12.8. The van der Waals surface area contributed by atoms with Gasteiger partial charge in [-0.05, 0) is 19.3 Å². The Morgan fingerprint density at radius 3 is 1.60 bits per heavy atom. The van der Waals surface area contributed by atoms with Crippen LogP contribution in [0.4, 0.5) is 0 Å². The highest BCUT2D eigenvalue weighted by Gasteiger charge is 2.23. The van der Waals surface area contributed by atoms with Gasteiger partial charge in [0.05, 0.1) is 39.9 Å². The minimum atomic E-state index is -4.57. The molecule has 0 aliphatic heterocycles. The third-order valence-electron chi connectivity index (χ3n) is 8.75. The van der Waals surface area contributed by atoms with Gasteiger partial charge in [-0.1, -0.05) is 161 Å². The summed E-state index contributed by atoms with van der Waals surface area (Å²) < 4.78 is 23.1. The van der Waals surface area contributed by atoms with Crippen molar-refractivity contribution in [1.82, 2.24) is 5.32 Å². The van der Waals surface area contributed by atoms with Crippen LogP contribution in [0, 0.1) is 0 Å². The van der Waals surface area contributed by atoms with Crippen molar-refractivity contribution in [2.45, 2.75) is 187 Å². The molecular formula is C38H77N2O6P. The molecular weight excluding hydrogens is 611 g/mol. The number of aliphatic hydroxyl groups excluding tert-OH is 1. The number of allylic oxidation sites excluding steroid dienone is 1. The Bertz CT molecular complexity index is 789. The molecule has 0 aromatic rings. The topological polar surface area (TPSA) is 108 Å². The van der Waals surface area contributed by atoms with Crippen LogP contribution < -0.4 is 10.2 Å². The lowest BCUT2D eigenvalue weighted by molar-refractivity contribution is -0.870. The molecule has 0 heterocycles. The van der Waals surface area contributed by atoms with E-state index in [4.69, 9.17) is 9.05 Å². The molecule has 0 aromatic heterocycles. The number of amides is 1. The van der Waals surface area contributed by atoms with E-state index in [2.05, 4.69) is 19.2 Å². The SMILES string of the molecule is CCCCCCCCCC/C=C/C(O)C(COP(=O)([O-])OCC[N+](C)(C)C)NC(=O)CCCCCCCCCCCCCCCCC.